The van der Waals surface area contributed by atoms with E-state index < -0.39 is 0 Å². The summed E-state index contributed by atoms with van der Waals surface area (Å²) in [6.07, 6.45) is 0. The van der Waals surface area contributed by atoms with E-state index in [1.807, 2.05) is 11.3 Å². The molecule has 12 aromatic rings. The molecule has 0 spiro atoms. The maximum Gasteiger partial charge on any atom is 0.238 e. The SMILES string of the molecule is c1ccc(-c2cccc3c2sc2c(-c4nc(-c5ccccc5-n5c6ccccc6c6ccccc65)nc(-n5c6ccccc6c6ccccc65)n4)cccc23)cc1. The smallest absolute Gasteiger partial charge is 0.238 e. The fourth-order valence-electron chi connectivity index (χ4n) is 8.72. The van der Waals surface area contributed by atoms with Crippen molar-refractivity contribution in [3.8, 4) is 45.5 Å². The van der Waals surface area contributed by atoms with Gasteiger partial charge in [-0.1, -0.05) is 146 Å². The first-order valence-electron chi connectivity index (χ1n) is 19.1. The summed E-state index contributed by atoms with van der Waals surface area (Å²) in [5, 5.41) is 7.14. The van der Waals surface area contributed by atoms with Crippen LogP contribution in [0.15, 0.2) is 188 Å². The van der Waals surface area contributed by atoms with E-state index in [-0.39, 0.29) is 0 Å². The summed E-state index contributed by atoms with van der Waals surface area (Å²) in [5.74, 6) is 1.82. The molecule has 266 valence electrons. The van der Waals surface area contributed by atoms with Crippen molar-refractivity contribution < 1.29 is 0 Å². The third-order valence-corrected chi connectivity index (χ3v) is 12.5. The first kappa shape index (κ1) is 31.9. The van der Waals surface area contributed by atoms with Gasteiger partial charge in [-0.3, -0.25) is 4.57 Å². The first-order valence-corrected chi connectivity index (χ1v) is 19.9. The Morgan fingerprint density at radius 2 is 0.737 bits per heavy atom. The summed E-state index contributed by atoms with van der Waals surface area (Å²) in [6.45, 7) is 0. The number of thiophene rings is 1. The highest BCUT2D eigenvalue weighted by molar-refractivity contribution is 7.26. The second-order valence-corrected chi connectivity index (χ2v) is 15.4. The summed E-state index contributed by atoms with van der Waals surface area (Å²) in [7, 11) is 0. The molecular formula is C51H31N5S. The molecule has 12 rings (SSSR count). The van der Waals surface area contributed by atoms with Crippen LogP contribution in [0.2, 0.25) is 0 Å². The molecule has 8 aromatic carbocycles. The molecule has 0 saturated heterocycles. The third kappa shape index (κ3) is 4.84. The van der Waals surface area contributed by atoms with Crippen LogP contribution in [0.4, 0.5) is 0 Å². The topological polar surface area (TPSA) is 48.5 Å². The van der Waals surface area contributed by atoms with Crippen molar-refractivity contribution in [1.82, 2.24) is 24.1 Å². The molecule has 0 saturated carbocycles. The zero-order valence-corrected chi connectivity index (χ0v) is 31.4. The number of rotatable bonds is 5. The largest absolute Gasteiger partial charge is 0.309 e. The normalized spacial score (nSPS) is 11.9. The van der Waals surface area contributed by atoms with Crippen molar-refractivity contribution in [2.45, 2.75) is 0 Å². The van der Waals surface area contributed by atoms with Gasteiger partial charge in [-0.25, -0.2) is 4.98 Å². The number of aromatic nitrogens is 5. The highest BCUT2D eigenvalue weighted by Gasteiger charge is 2.22. The van der Waals surface area contributed by atoms with Gasteiger partial charge < -0.3 is 4.57 Å². The molecule has 4 aromatic heterocycles. The van der Waals surface area contributed by atoms with Crippen LogP contribution in [0, 0.1) is 0 Å². The van der Waals surface area contributed by atoms with E-state index in [9.17, 15) is 0 Å². The molecule has 0 aliphatic carbocycles. The summed E-state index contributed by atoms with van der Waals surface area (Å²) >= 11 is 1.81. The minimum absolute atomic E-state index is 0.576. The van der Waals surface area contributed by atoms with Crippen LogP contribution in [-0.2, 0) is 0 Å². The highest BCUT2D eigenvalue weighted by Crippen LogP contribution is 2.44. The van der Waals surface area contributed by atoms with Crippen molar-refractivity contribution in [3.05, 3.63) is 188 Å². The van der Waals surface area contributed by atoms with Crippen molar-refractivity contribution in [3.63, 3.8) is 0 Å². The van der Waals surface area contributed by atoms with E-state index >= 15 is 0 Å². The molecule has 0 atom stereocenters. The van der Waals surface area contributed by atoms with Crippen molar-refractivity contribution in [2.75, 3.05) is 0 Å². The van der Waals surface area contributed by atoms with Gasteiger partial charge in [0.05, 0.1) is 27.8 Å². The number of hydrogen-bond donors (Lipinski definition) is 0. The Balaban J connectivity index is 1.17. The molecular weight excluding hydrogens is 715 g/mol. The van der Waals surface area contributed by atoms with Crippen LogP contribution >= 0.6 is 11.3 Å². The molecule has 0 bridgehead atoms. The van der Waals surface area contributed by atoms with E-state index in [1.165, 1.54) is 37.4 Å². The quantitative estimate of drug-likeness (QED) is 0.176. The van der Waals surface area contributed by atoms with Crippen LogP contribution in [0.25, 0.3) is 109 Å². The lowest BCUT2D eigenvalue weighted by atomic mass is 10.0. The monoisotopic (exact) mass is 745 g/mol. The molecule has 0 amide bonds. The molecule has 0 N–H and O–H groups in total. The van der Waals surface area contributed by atoms with Gasteiger partial charge in [0.15, 0.2) is 11.6 Å². The Kier molecular flexibility index (Phi) is 7.03. The second-order valence-electron chi connectivity index (χ2n) is 14.4. The van der Waals surface area contributed by atoms with Crippen LogP contribution < -0.4 is 0 Å². The van der Waals surface area contributed by atoms with Crippen molar-refractivity contribution >= 4 is 75.1 Å². The Hall–Kier alpha value is -7.41. The molecule has 0 fully saturated rings. The van der Waals surface area contributed by atoms with Crippen LogP contribution in [0.5, 0.6) is 0 Å². The van der Waals surface area contributed by atoms with Crippen LogP contribution in [-0.4, -0.2) is 24.1 Å². The molecule has 57 heavy (non-hydrogen) atoms. The summed E-state index contributed by atoms with van der Waals surface area (Å²) in [4.78, 5) is 16.2. The summed E-state index contributed by atoms with van der Waals surface area (Å²) in [5.41, 5.74) is 9.69. The Morgan fingerprint density at radius 1 is 0.316 bits per heavy atom. The van der Waals surface area contributed by atoms with Crippen molar-refractivity contribution in [2.24, 2.45) is 0 Å². The van der Waals surface area contributed by atoms with Crippen LogP contribution in [0.1, 0.15) is 0 Å². The third-order valence-electron chi connectivity index (χ3n) is 11.2. The zero-order valence-electron chi connectivity index (χ0n) is 30.5. The number of benzene rings is 8. The van der Waals surface area contributed by atoms with E-state index in [2.05, 4.69) is 197 Å². The van der Waals surface area contributed by atoms with Gasteiger partial charge >= 0.3 is 0 Å². The lowest BCUT2D eigenvalue weighted by Gasteiger charge is -2.15. The second kappa shape index (κ2) is 12.6. The minimum atomic E-state index is 0.576. The Labute approximate surface area is 331 Å². The zero-order chi connectivity index (χ0) is 37.5. The predicted octanol–water partition coefficient (Wildman–Crippen LogP) is 13.4. The van der Waals surface area contributed by atoms with Gasteiger partial charge in [-0.15, -0.1) is 11.3 Å². The molecule has 0 aliphatic heterocycles. The maximum atomic E-state index is 5.43. The van der Waals surface area contributed by atoms with Gasteiger partial charge in [0.25, 0.3) is 0 Å². The molecule has 0 aliphatic rings. The lowest BCUT2D eigenvalue weighted by Crippen LogP contribution is -2.07. The van der Waals surface area contributed by atoms with Gasteiger partial charge in [0.2, 0.25) is 5.95 Å². The highest BCUT2D eigenvalue weighted by atomic mass is 32.1. The Morgan fingerprint density at radius 3 is 1.33 bits per heavy atom. The number of nitrogens with zero attached hydrogens (tertiary/aromatic N) is 5. The predicted molar refractivity (Wildman–Crippen MR) is 238 cm³/mol. The Bertz CT molecular complexity index is 3430. The minimum Gasteiger partial charge on any atom is -0.309 e. The van der Waals surface area contributed by atoms with E-state index in [0.29, 0.717) is 17.6 Å². The summed E-state index contributed by atoms with van der Waals surface area (Å²) in [6, 6.07) is 66.5. The van der Waals surface area contributed by atoms with Crippen LogP contribution in [0.3, 0.4) is 0 Å². The van der Waals surface area contributed by atoms with E-state index in [1.54, 1.807) is 0 Å². The number of fused-ring (bicyclic) bond motifs is 9. The van der Waals surface area contributed by atoms with Gasteiger partial charge in [0, 0.05) is 52.8 Å². The lowest BCUT2D eigenvalue weighted by molar-refractivity contribution is 0.952. The average molecular weight is 746 g/mol. The van der Waals surface area contributed by atoms with Gasteiger partial charge in [-0.2, -0.15) is 9.97 Å². The fourth-order valence-corrected chi connectivity index (χ4v) is 10.1. The van der Waals surface area contributed by atoms with Gasteiger partial charge in [0.1, 0.15) is 0 Å². The molecule has 0 radical (unpaired) electrons. The molecule has 5 nitrogen and oxygen atoms in total. The number of para-hydroxylation sites is 5. The molecule has 4 heterocycles. The number of hydrogen-bond acceptors (Lipinski definition) is 4. The van der Waals surface area contributed by atoms with Gasteiger partial charge in [-0.05, 0) is 53.6 Å². The fraction of sp³-hybridized carbons (Fsp3) is 0. The average Bonchev–Trinajstić information content (AvgIpc) is 3.95. The van der Waals surface area contributed by atoms with E-state index in [0.717, 1.165) is 54.4 Å². The first-order chi connectivity index (χ1) is 28.3. The maximum absolute atomic E-state index is 5.43. The standard InChI is InChI=1S/C51H31N5S/c1-2-16-32(17-3-1)33-23-14-24-38-39-25-15-26-41(48(39)57-47(33)38)50-52-49(53-51(54-50)56-44-29-11-6-20-36(44)37-21-7-12-30-45(37)56)40-22-8-13-31-46(40)55-42-27-9-4-18-34(42)35-19-5-10-28-43(35)55/h1-31H. The van der Waals surface area contributed by atoms with Crippen molar-refractivity contribution in [1.29, 1.82) is 0 Å². The molecule has 0 unspecified atom stereocenters. The summed E-state index contributed by atoms with van der Waals surface area (Å²) < 4.78 is 6.94. The molecule has 6 heteroatoms. The van der Waals surface area contributed by atoms with E-state index in [4.69, 9.17) is 15.0 Å².